The van der Waals surface area contributed by atoms with Gasteiger partial charge in [0.2, 0.25) is 0 Å². The van der Waals surface area contributed by atoms with Crippen molar-refractivity contribution in [2.24, 2.45) is 4.99 Å². The van der Waals surface area contributed by atoms with E-state index in [1.54, 1.807) is 18.8 Å². The van der Waals surface area contributed by atoms with E-state index < -0.39 is 0 Å². The minimum absolute atomic E-state index is 0.805. The Kier molecular flexibility index (Phi) is 17.2. The molecule has 0 aliphatic heterocycles. The number of aliphatic imine (C=N–C) groups is 1. The molecule has 0 bridgehead atoms. The second-order valence-corrected chi connectivity index (χ2v) is 12.1. The first-order valence-corrected chi connectivity index (χ1v) is 17.5. The Balaban J connectivity index is 1.84. The van der Waals surface area contributed by atoms with Crippen LogP contribution in [0.4, 0.5) is 0 Å². The van der Waals surface area contributed by atoms with Crippen LogP contribution in [0, 0.1) is 0 Å². The van der Waals surface area contributed by atoms with Crippen LogP contribution in [0.2, 0.25) is 0 Å². The summed E-state index contributed by atoms with van der Waals surface area (Å²) in [6.07, 6.45) is 29.9. The third-order valence-corrected chi connectivity index (χ3v) is 8.37. The maximum atomic E-state index is 4.41. The lowest BCUT2D eigenvalue weighted by molar-refractivity contribution is 1.05. The van der Waals surface area contributed by atoms with Crippen LogP contribution in [0.25, 0.3) is 27.8 Å². The van der Waals surface area contributed by atoms with E-state index in [2.05, 4.69) is 152 Å². The van der Waals surface area contributed by atoms with Gasteiger partial charge in [-0.1, -0.05) is 129 Å². The number of nitrogens with zero attached hydrogens (tertiary/aromatic N) is 1. The number of unbranched alkanes of at least 4 members (excludes halogenated alkanes) is 1. The fourth-order valence-corrected chi connectivity index (χ4v) is 5.60. The maximum absolute atomic E-state index is 4.41. The van der Waals surface area contributed by atoms with Crippen LogP contribution in [-0.2, 0) is 6.42 Å². The molecule has 0 saturated heterocycles. The summed E-state index contributed by atoms with van der Waals surface area (Å²) in [5.74, 6) is 0.854. The molecule has 0 N–H and O–H groups in total. The molecule has 240 valence electrons. The molecule has 0 saturated carbocycles. The Hall–Kier alpha value is -4.62. The van der Waals surface area contributed by atoms with E-state index >= 15 is 0 Å². The Morgan fingerprint density at radius 2 is 1.62 bits per heavy atom. The van der Waals surface area contributed by atoms with Gasteiger partial charge >= 0.3 is 0 Å². The van der Waals surface area contributed by atoms with Gasteiger partial charge in [0.1, 0.15) is 0 Å². The summed E-state index contributed by atoms with van der Waals surface area (Å²) in [5.41, 5.74) is 13.0. The normalized spacial score (nSPS) is 12.3. The lowest BCUT2D eigenvalue weighted by Gasteiger charge is -2.11. The van der Waals surface area contributed by atoms with E-state index in [0.717, 1.165) is 42.8 Å². The van der Waals surface area contributed by atoms with E-state index in [4.69, 9.17) is 0 Å². The predicted octanol–water partition coefficient (Wildman–Crippen LogP) is 13.0. The molecule has 0 heterocycles. The number of rotatable bonds is 18. The molecule has 0 aromatic heterocycles. The summed E-state index contributed by atoms with van der Waals surface area (Å²) in [6.45, 7) is 12.4. The number of allylic oxidation sites excluding steroid dienone is 11. The second kappa shape index (κ2) is 22.0. The zero-order valence-electron chi connectivity index (χ0n) is 28.4. The van der Waals surface area contributed by atoms with Crippen molar-refractivity contribution in [3.05, 3.63) is 180 Å². The molecule has 0 radical (unpaired) electrons. The Bertz CT molecular complexity index is 1680. The SMILES string of the molecule is C=CCC/C=C\C=C(\C/C=C(\C=C/CC)c1ccc(-c2cccc(-c3cccc(C/C=C\C=NC)c3)c2)cc1)C(=C)SCC=C=CC. The summed E-state index contributed by atoms with van der Waals surface area (Å²) in [6, 6.07) is 26.6. The highest BCUT2D eigenvalue weighted by molar-refractivity contribution is 8.03. The van der Waals surface area contributed by atoms with E-state index in [-0.39, 0.29) is 0 Å². The molecule has 0 spiro atoms. The van der Waals surface area contributed by atoms with Gasteiger partial charge in [0.05, 0.1) is 0 Å². The highest BCUT2D eigenvalue weighted by Crippen LogP contribution is 2.30. The first kappa shape index (κ1) is 36.8. The summed E-state index contributed by atoms with van der Waals surface area (Å²) < 4.78 is 0. The highest BCUT2D eigenvalue weighted by atomic mass is 32.2. The molecule has 0 fully saturated rings. The lowest BCUT2D eigenvalue weighted by atomic mass is 9.95. The van der Waals surface area contributed by atoms with Gasteiger partial charge in [-0.05, 0) is 108 Å². The summed E-state index contributed by atoms with van der Waals surface area (Å²) >= 11 is 1.76. The van der Waals surface area contributed by atoms with Crippen LogP contribution in [0.15, 0.2) is 174 Å². The molecule has 0 aliphatic rings. The smallest absolute Gasteiger partial charge is 0.0277 e. The molecule has 3 aromatic rings. The molecule has 0 amide bonds. The first-order valence-electron chi connectivity index (χ1n) is 16.5. The molecular weight excluding hydrogens is 587 g/mol. The summed E-state index contributed by atoms with van der Waals surface area (Å²) in [4.78, 5) is 5.11. The van der Waals surface area contributed by atoms with Crippen molar-refractivity contribution in [1.29, 1.82) is 0 Å². The Morgan fingerprint density at radius 3 is 2.34 bits per heavy atom. The third-order valence-electron chi connectivity index (χ3n) is 7.43. The van der Waals surface area contributed by atoms with Crippen molar-refractivity contribution in [2.45, 2.75) is 46.0 Å². The monoisotopic (exact) mass is 635 g/mol. The molecule has 47 heavy (non-hydrogen) atoms. The molecule has 0 atom stereocenters. The summed E-state index contributed by atoms with van der Waals surface area (Å²) in [5, 5.41) is 0. The summed E-state index contributed by atoms with van der Waals surface area (Å²) in [7, 11) is 1.79. The molecule has 3 aromatic carbocycles. The minimum Gasteiger partial charge on any atom is -0.297 e. The van der Waals surface area contributed by atoms with E-state index in [9.17, 15) is 0 Å². The van der Waals surface area contributed by atoms with Gasteiger partial charge in [-0.2, -0.15) is 0 Å². The Labute approximate surface area is 288 Å². The van der Waals surface area contributed by atoms with E-state index in [1.165, 1.54) is 44.5 Å². The standard InChI is InChI=1S/C45H49NS/c1-6-9-12-13-14-23-39(37(4)47-34-17-10-7-2)27-28-40(22-11-8-3)41-29-31-42(32-30-41)44-25-19-26-45(36-44)43-24-18-21-38(35-43)20-15-16-33-46-5/h6-7,11,13-19,21-26,28-33,35-36H,1,4,8-9,12,20,27,34H2,2-3,5H3/b14-13-,16-15-,22-11-,39-23-,40-28+,46-33?. The van der Waals surface area contributed by atoms with E-state index in [1.807, 2.05) is 31.4 Å². The molecule has 2 heteroatoms. The van der Waals surface area contributed by atoms with Crippen LogP contribution in [0.5, 0.6) is 0 Å². The van der Waals surface area contributed by atoms with Crippen LogP contribution in [0.1, 0.15) is 50.7 Å². The lowest BCUT2D eigenvalue weighted by Crippen LogP contribution is -1.88. The third kappa shape index (κ3) is 13.3. The minimum atomic E-state index is 0.805. The molecule has 3 rings (SSSR count). The van der Waals surface area contributed by atoms with Gasteiger partial charge in [0, 0.05) is 23.9 Å². The fourth-order valence-electron chi connectivity index (χ4n) is 4.88. The average Bonchev–Trinajstić information content (AvgIpc) is 3.11. The van der Waals surface area contributed by atoms with Crippen LogP contribution in [0.3, 0.4) is 0 Å². The van der Waals surface area contributed by atoms with Crippen molar-refractivity contribution in [2.75, 3.05) is 12.8 Å². The average molecular weight is 636 g/mol. The van der Waals surface area contributed by atoms with Crippen LogP contribution in [-0.4, -0.2) is 19.0 Å². The van der Waals surface area contributed by atoms with Crippen molar-refractivity contribution in [1.82, 2.24) is 0 Å². The van der Waals surface area contributed by atoms with Crippen molar-refractivity contribution >= 4 is 23.5 Å². The predicted molar refractivity (Wildman–Crippen MR) is 213 cm³/mol. The number of thioether (sulfide) groups is 1. The van der Waals surface area contributed by atoms with Gasteiger partial charge in [-0.3, -0.25) is 4.99 Å². The molecule has 1 nitrogen and oxygen atoms in total. The van der Waals surface area contributed by atoms with Crippen molar-refractivity contribution in [3.63, 3.8) is 0 Å². The molecule has 0 aliphatic carbocycles. The Morgan fingerprint density at radius 1 is 0.872 bits per heavy atom. The number of hydrogen-bond donors (Lipinski definition) is 0. The van der Waals surface area contributed by atoms with Gasteiger partial charge < -0.3 is 0 Å². The van der Waals surface area contributed by atoms with Crippen LogP contribution >= 0.6 is 11.8 Å². The number of benzene rings is 3. The highest BCUT2D eigenvalue weighted by Gasteiger charge is 2.06. The zero-order chi connectivity index (χ0) is 33.5. The van der Waals surface area contributed by atoms with Crippen molar-refractivity contribution < 1.29 is 0 Å². The maximum Gasteiger partial charge on any atom is 0.0277 e. The van der Waals surface area contributed by atoms with Gasteiger partial charge in [-0.15, -0.1) is 24.1 Å². The largest absolute Gasteiger partial charge is 0.297 e. The molecule has 0 unspecified atom stereocenters. The molecular formula is C45H49NS. The topological polar surface area (TPSA) is 12.4 Å². The quantitative estimate of drug-likeness (QED) is 0.0445. The van der Waals surface area contributed by atoms with Crippen LogP contribution < -0.4 is 0 Å². The second-order valence-electron chi connectivity index (χ2n) is 11.0. The van der Waals surface area contributed by atoms with Gasteiger partial charge in [0.15, 0.2) is 0 Å². The van der Waals surface area contributed by atoms with Crippen molar-refractivity contribution in [3.8, 4) is 22.3 Å². The van der Waals surface area contributed by atoms with Gasteiger partial charge in [-0.25, -0.2) is 0 Å². The zero-order valence-corrected chi connectivity index (χ0v) is 29.2. The van der Waals surface area contributed by atoms with E-state index in [0.29, 0.717) is 0 Å². The first-order chi connectivity index (χ1) is 23.1. The number of hydrogen-bond acceptors (Lipinski definition) is 2. The fraction of sp³-hybridized carbons (Fsp3) is 0.200. The van der Waals surface area contributed by atoms with Gasteiger partial charge in [0.25, 0.3) is 0 Å².